The number of carbonyl (C=O) groups excluding carboxylic acids is 3. The van der Waals surface area contributed by atoms with Gasteiger partial charge in [-0.25, -0.2) is 0 Å². The maximum absolute atomic E-state index is 12.4. The maximum Gasteiger partial charge on any atom is 0.324 e. The summed E-state index contributed by atoms with van der Waals surface area (Å²) in [4.78, 5) is 36.1. The van der Waals surface area contributed by atoms with E-state index >= 15 is 0 Å². The van der Waals surface area contributed by atoms with Crippen LogP contribution in [-0.2, 0) is 42.8 Å². The number of esters is 2. The molecule has 0 heterocycles. The molecule has 0 aliphatic carbocycles. The molecule has 41 heavy (non-hydrogen) atoms. The Morgan fingerprint density at radius 1 is 0.610 bits per heavy atom. The van der Waals surface area contributed by atoms with Crippen LogP contribution in [0.1, 0.15) is 68.2 Å². The van der Waals surface area contributed by atoms with Crippen LogP contribution < -0.4 is 10.6 Å². The third-order valence-electron chi connectivity index (χ3n) is 4.82. The Hall–Kier alpha value is -1.93. The van der Waals surface area contributed by atoms with Crippen LogP contribution in [0.25, 0.3) is 0 Å². The van der Waals surface area contributed by atoms with Crippen molar-refractivity contribution in [3.8, 4) is 0 Å². The summed E-state index contributed by atoms with van der Waals surface area (Å²) in [6.07, 6.45) is 0.583. The highest BCUT2D eigenvalue weighted by Gasteiger charge is 2.26. The van der Waals surface area contributed by atoms with Crippen LogP contribution in [0, 0.1) is 0 Å². The van der Waals surface area contributed by atoms with Gasteiger partial charge in [-0.15, -0.1) is 6.58 Å². The van der Waals surface area contributed by atoms with Crippen molar-refractivity contribution in [2.24, 2.45) is 0 Å². The van der Waals surface area contributed by atoms with Crippen LogP contribution in [0.5, 0.6) is 0 Å². The van der Waals surface area contributed by atoms with E-state index in [-0.39, 0.29) is 23.6 Å². The Labute approximate surface area is 246 Å². The first kappa shape index (κ1) is 41.2. The van der Waals surface area contributed by atoms with Gasteiger partial charge in [-0.05, 0) is 61.8 Å². The fraction of sp³-hybridized carbons (Fsp3) is 0.828. The largest absolute Gasteiger partial charge is 0.459 e. The fourth-order valence-corrected chi connectivity index (χ4v) is 3.23. The molecule has 0 aromatic carbocycles. The molecule has 0 fully saturated rings. The molecule has 0 amide bonds. The molecule has 0 spiro atoms. The molecule has 0 radical (unpaired) electrons. The lowest BCUT2D eigenvalue weighted by molar-refractivity contribution is -0.159. The van der Waals surface area contributed by atoms with Crippen LogP contribution in [0.4, 0.5) is 0 Å². The lowest BCUT2D eigenvalue weighted by Crippen LogP contribution is -2.43. The zero-order valence-electron chi connectivity index (χ0n) is 26.5. The first-order valence-corrected chi connectivity index (χ1v) is 14.0. The number of carbonyl (C=O) groups is 3. The van der Waals surface area contributed by atoms with Crippen LogP contribution in [-0.4, -0.2) is 112 Å². The number of Topliss-reactive ketones (excluding diaryl/α,β-unsaturated/α-hetero) is 1. The molecule has 0 aromatic heterocycles. The number of ether oxygens (including phenoxy) is 6. The quantitative estimate of drug-likeness (QED) is 0.101. The first-order valence-electron chi connectivity index (χ1n) is 14.0. The summed E-state index contributed by atoms with van der Waals surface area (Å²) in [7, 11) is 0. The predicted molar refractivity (Wildman–Crippen MR) is 157 cm³/mol. The third-order valence-corrected chi connectivity index (χ3v) is 4.82. The molecule has 2 unspecified atom stereocenters. The summed E-state index contributed by atoms with van der Waals surface area (Å²) in [5.74, 6) is -0.831. The van der Waals surface area contributed by atoms with E-state index in [1.54, 1.807) is 20.8 Å². The van der Waals surface area contributed by atoms with Gasteiger partial charge in [-0.3, -0.25) is 14.4 Å². The lowest BCUT2D eigenvalue weighted by atomic mass is 10.1. The highest BCUT2D eigenvalue weighted by atomic mass is 16.6. The van der Waals surface area contributed by atoms with E-state index in [4.69, 9.17) is 28.4 Å². The summed E-state index contributed by atoms with van der Waals surface area (Å²) in [5, 5.41) is 6.19. The molecule has 12 heteroatoms. The molecular formula is C29H56N2O10. The number of hydrogen-bond acceptors (Lipinski definition) is 11. The van der Waals surface area contributed by atoms with E-state index < -0.39 is 29.3 Å². The van der Waals surface area contributed by atoms with Crippen LogP contribution in [0.3, 0.4) is 0 Å². The van der Waals surface area contributed by atoms with Crippen molar-refractivity contribution in [3.05, 3.63) is 12.2 Å². The molecule has 2 atom stereocenters. The molecular weight excluding hydrogens is 536 g/mol. The number of hydrogen-bond donors (Lipinski definition) is 2. The van der Waals surface area contributed by atoms with Gasteiger partial charge < -0.3 is 44.5 Å². The molecule has 0 aromatic rings. The van der Waals surface area contributed by atoms with E-state index in [2.05, 4.69) is 17.2 Å². The summed E-state index contributed by atoms with van der Waals surface area (Å²) in [6.45, 7) is 22.4. The van der Waals surface area contributed by atoms with Gasteiger partial charge in [-0.2, -0.15) is 0 Å². The van der Waals surface area contributed by atoms with Crippen molar-refractivity contribution in [1.29, 1.82) is 0 Å². The number of rotatable bonds is 23. The van der Waals surface area contributed by atoms with E-state index in [1.807, 2.05) is 27.7 Å². The Kier molecular flexibility index (Phi) is 22.8. The van der Waals surface area contributed by atoms with E-state index in [1.165, 1.54) is 6.92 Å². The zero-order valence-corrected chi connectivity index (χ0v) is 26.5. The summed E-state index contributed by atoms with van der Waals surface area (Å²) < 4.78 is 32.8. The van der Waals surface area contributed by atoms with Crippen molar-refractivity contribution < 1.29 is 48.3 Å². The van der Waals surface area contributed by atoms with Crippen LogP contribution in [0.15, 0.2) is 12.2 Å². The topological polar surface area (TPSA) is 162 Å². The Morgan fingerprint density at radius 3 is 1.22 bits per heavy atom. The average Bonchev–Trinajstić information content (AvgIpc) is 2.79. The summed E-state index contributed by atoms with van der Waals surface area (Å²) >= 11 is 0. The van der Waals surface area contributed by atoms with Gasteiger partial charge in [0.15, 0.2) is 0 Å². The van der Waals surface area contributed by atoms with Crippen LogP contribution in [0.2, 0.25) is 0 Å². The SMILES string of the molecule is C=C(C)CC(NCCOCCOCCOCCOCCNC(CC(C)=O)C(=O)OC(C)(C)C)C(=O)OC(C)(C)C.O. The Balaban J connectivity index is 0. The highest BCUT2D eigenvalue weighted by molar-refractivity contribution is 5.85. The molecule has 0 aliphatic rings. The van der Waals surface area contributed by atoms with Gasteiger partial charge in [0, 0.05) is 19.5 Å². The maximum atomic E-state index is 12.4. The van der Waals surface area contributed by atoms with Crippen molar-refractivity contribution in [3.63, 3.8) is 0 Å². The molecule has 0 rings (SSSR count). The predicted octanol–water partition coefficient (Wildman–Crippen LogP) is 1.77. The van der Waals surface area contributed by atoms with E-state index in [9.17, 15) is 14.4 Å². The molecule has 0 saturated carbocycles. The molecule has 12 nitrogen and oxygen atoms in total. The average molecular weight is 593 g/mol. The van der Waals surface area contributed by atoms with Gasteiger partial charge in [0.25, 0.3) is 0 Å². The second kappa shape index (κ2) is 22.6. The summed E-state index contributed by atoms with van der Waals surface area (Å²) in [6, 6.07) is -1.14. The molecule has 242 valence electrons. The normalized spacial score (nSPS) is 13.2. The standard InChI is InChI=1S/C29H54N2O9.H2O/c1-22(2)20-24(26(33)39-28(4,5)6)30-10-12-35-14-16-37-18-19-38-17-15-36-13-11-31-25(21-23(3)32)27(34)40-29(7,8)9;/h24-25,30-31H,1,10-21H2,2-9H3;1H2. The molecule has 0 bridgehead atoms. The van der Waals surface area contributed by atoms with E-state index in [0.29, 0.717) is 72.4 Å². The van der Waals surface area contributed by atoms with Crippen molar-refractivity contribution >= 4 is 17.7 Å². The summed E-state index contributed by atoms with van der Waals surface area (Å²) in [5.41, 5.74) is -0.256. The Bertz CT molecular complexity index is 685. The van der Waals surface area contributed by atoms with E-state index in [0.717, 1.165) is 5.57 Å². The van der Waals surface area contributed by atoms with Crippen molar-refractivity contribution in [1.82, 2.24) is 10.6 Å². The van der Waals surface area contributed by atoms with Gasteiger partial charge in [0.05, 0.1) is 52.9 Å². The highest BCUT2D eigenvalue weighted by Crippen LogP contribution is 2.12. The number of nitrogens with one attached hydrogen (secondary N) is 2. The van der Waals surface area contributed by atoms with Gasteiger partial charge in [-0.1, -0.05) is 5.57 Å². The molecule has 4 N–H and O–H groups in total. The zero-order chi connectivity index (χ0) is 30.6. The lowest BCUT2D eigenvalue weighted by Gasteiger charge is -2.24. The Morgan fingerprint density at radius 2 is 0.927 bits per heavy atom. The smallest absolute Gasteiger partial charge is 0.324 e. The molecule has 0 saturated heterocycles. The third kappa shape index (κ3) is 26.7. The van der Waals surface area contributed by atoms with Crippen LogP contribution >= 0.6 is 0 Å². The van der Waals surface area contributed by atoms with Gasteiger partial charge in [0.2, 0.25) is 0 Å². The first-order chi connectivity index (χ1) is 18.6. The van der Waals surface area contributed by atoms with Crippen molar-refractivity contribution in [2.75, 3.05) is 65.9 Å². The minimum Gasteiger partial charge on any atom is -0.459 e. The number of ketones is 1. The van der Waals surface area contributed by atoms with Gasteiger partial charge >= 0.3 is 11.9 Å². The minimum absolute atomic E-state index is 0. The van der Waals surface area contributed by atoms with Crippen molar-refractivity contribution in [2.45, 2.75) is 91.5 Å². The second-order valence-corrected chi connectivity index (χ2v) is 11.6. The monoisotopic (exact) mass is 592 g/mol. The minimum atomic E-state index is -0.690. The molecule has 0 aliphatic heterocycles. The van der Waals surface area contributed by atoms with Gasteiger partial charge in [0.1, 0.15) is 29.1 Å². The fourth-order valence-electron chi connectivity index (χ4n) is 3.23. The second-order valence-electron chi connectivity index (χ2n) is 11.6.